The molecule has 0 bridgehead atoms. The number of ether oxygens (including phenoxy) is 2. The van der Waals surface area contributed by atoms with Crippen LogP contribution in [0.4, 0.5) is 5.69 Å². The molecule has 3 aromatic rings. The zero-order valence-corrected chi connectivity index (χ0v) is 15.9. The van der Waals surface area contributed by atoms with E-state index in [4.69, 9.17) is 9.47 Å². The highest BCUT2D eigenvalue weighted by Gasteiger charge is 2.15. The van der Waals surface area contributed by atoms with Crippen molar-refractivity contribution in [3.8, 4) is 11.5 Å². The molecule has 1 N–H and O–H groups in total. The highest BCUT2D eigenvalue weighted by atomic mass is 16.5. The van der Waals surface area contributed by atoms with Crippen LogP contribution in [0, 0.1) is 13.8 Å². The lowest BCUT2D eigenvalue weighted by Gasteiger charge is -2.09. The van der Waals surface area contributed by atoms with E-state index >= 15 is 0 Å². The summed E-state index contributed by atoms with van der Waals surface area (Å²) in [5.41, 5.74) is 4.05. The Labute approximate surface area is 158 Å². The zero-order chi connectivity index (χ0) is 19.4. The highest BCUT2D eigenvalue weighted by Crippen LogP contribution is 2.22. The fourth-order valence-electron chi connectivity index (χ4n) is 2.90. The van der Waals surface area contributed by atoms with Gasteiger partial charge in [-0.2, -0.15) is 5.10 Å². The number of carbonyl (C=O) groups is 1. The molecule has 0 unspecified atom stereocenters. The summed E-state index contributed by atoms with van der Waals surface area (Å²) in [5.74, 6) is 1.34. The molecule has 140 valence electrons. The Morgan fingerprint density at radius 1 is 1.04 bits per heavy atom. The Morgan fingerprint density at radius 3 is 2.41 bits per heavy atom. The summed E-state index contributed by atoms with van der Waals surface area (Å²) in [4.78, 5) is 12.6. The SMILES string of the molecule is COc1ccc(C(=O)Nc2c(C)nn(Cc3cccc(OC)c3)c2C)cc1. The fourth-order valence-corrected chi connectivity index (χ4v) is 2.90. The summed E-state index contributed by atoms with van der Waals surface area (Å²) in [6.07, 6.45) is 0. The van der Waals surface area contributed by atoms with E-state index in [-0.39, 0.29) is 5.91 Å². The molecule has 0 radical (unpaired) electrons. The number of nitrogens with zero attached hydrogens (tertiary/aromatic N) is 2. The summed E-state index contributed by atoms with van der Waals surface area (Å²) in [6, 6.07) is 14.9. The standard InChI is InChI=1S/C21H23N3O3/c1-14-20(22-21(25)17-8-10-18(26-3)11-9-17)15(2)24(23-14)13-16-6-5-7-19(12-16)27-4/h5-12H,13H2,1-4H3,(H,22,25). The van der Waals surface area contributed by atoms with Crippen molar-refractivity contribution in [2.24, 2.45) is 0 Å². The van der Waals surface area contributed by atoms with Crippen molar-refractivity contribution < 1.29 is 14.3 Å². The van der Waals surface area contributed by atoms with Gasteiger partial charge in [0.15, 0.2) is 0 Å². The third-order valence-corrected chi connectivity index (χ3v) is 4.44. The summed E-state index contributed by atoms with van der Waals surface area (Å²) in [6.45, 7) is 4.44. The Morgan fingerprint density at radius 2 is 1.74 bits per heavy atom. The molecule has 1 amide bonds. The number of anilines is 1. The average molecular weight is 365 g/mol. The molecule has 0 saturated carbocycles. The van der Waals surface area contributed by atoms with Crippen LogP contribution in [0.25, 0.3) is 0 Å². The zero-order valence-electron chi connectivity index (χ0n) is 15.9. The van der Waals surface area contributed by atoms with Crippen LogP contribution >= 0.6 is 0 Å². The normalized spacial score (nSPS) is 10.5. The van der Waals surface area contributed by atoms with E-state index in [1.165, 1.54) is 0 Å². The van der Waals surface area contributed by atoms with Gasteiger partial charge in [0, 0.05) is 5.56 Å². The first kappa shape index (κ1) is 18.5. The van der Waals surface area contributed by atoms with Gasteiger partial charge in [0.1, 0.15) is 11.5 Å². The van der Waals surface area contributed by atoms with E-state index in [9.17, 15) is 4.79 Å². The lowest BCUT2D eigenvalue weighted by atomic mass is 10.2. The van der Waals surface area contributed by atoms with Crippen molar-refractivity contribution in [3.05, 3.63) is 71.0 Å². The van der Waals surface area contributed by atoms with Crippen LogP contribution in [0.1, 0.15) is 27.3 Å². The Balaban J connectivity index is 1.79. The molecule has 6 heteroatoms. The molecular formula is C21H23N3O3. The number of aryl methyl sites for hydroxylation is 1. The highest BCUT2D eigenvalue weighted by molar-refractivity contribution is 6.04. The number of rotatable bonds is 6. The van der Waals surface area contributed by atoms with Crippen LogP contribution in [-0.2, 0) is 6.54 Å². The van der Waals surface area contributed by atoms with Gasteiger partial charge in [-0.25, -0.2) is 0 Å². The summed E-state index contributed by atoms with van der Waals surface area (Å²) < 4.78 is 12.3. The molecule has 0 spiro atoms. The molecule has 3 rings (SSSR count). The second kappa shape index (κ2) is 7.95. The van der Waals surface area contributed by atoms with E-state index < -0.39 is 0 Å². The molecule has 0 aliphatic heterocycles. The van der Waals surface area contributed by atoms with E-state index in [1.54, 1.807) is 38.5 Å². The Hall–Kier alpha value is -3.28. The molecule has 2 aromatic carbocycles. The van der Waals surface area contributed by atoms with Crippen LogP contribution < -0.4 is 14.8 Å². The minimum absolute atomic E-state index is 0.176. The molecule has 0 aliphatic carbocycles. The smallest absolute Gasteiger partial charge is 0.255 e. The van der Waals surface area contributed by atoms with Crippen molar-refractivity contribution in [1.29, 1.82) is 0 Å². The topological polar surface area (TPSA) is 65.4 Å². The predicted octanol–water partition coefficient (Wildman–Crippen LogP) is 3.82. The average Bonchev–Trinajstić information content (AvgIpc) is 2.95. The molecule has 0 aliphatic rings. The Kier molecular flexibility index (Phi) is 5.45. The number of hydrogen-bond acceptors (Lipinski definition) is 4. The fraction of sp³-hybridized carbons (Fsp3) is 0.238. The van der Waals surface area contributed by atoms with Gasteiger partial charge >= 0.3 is 0 Å². The van der Waals surface area contributed by atoms with Gasteiger partial charge in [-0.1, -0.05) is 12.1 Å². The molecule has 1 heterocycles. The van der Waals surface area contributed by atoms with Crippen molar-refractivity contribution >= 4 is 11.6 Å². The van der Waals surface area contributed by atoms with Gasteiger partial charge in [-0.15, -0.1) is 0 Å². The third kappa shape index (κ3) is 4.11. The predicted molar refractivity (Wildman–Crippen MR) is 105 cm³/mol. The van der Waals surface area contributed by atoms with Gasteiger partial charge in [0.05, 0.1) is 37.8 Å². The van der Waals surface area contributed by atoms with Crippen molar-refractivity contribution in [2.45, 2.75) is 20.4 Å². The lowest BCUT2D eigenvalue weighted by molar-refractivity contribution is 0.102. The van der Waals surface area contributed by atoms with Crippen molar-refractivity contribution in [2.75, 3.05) is 19.5 Å². The first-order valence-electron chi connectivity index (χ1n) is 8.64. The largest absolute Gasteiger partial charge is 0.497 e. The van der Waals surface area contributed by atoms with E-state index in [1.807, 2.05) is 42.8 Å². The van der Waals surface area contributed by atoms with Crippen LogP contribution in [0.15, 0.2) is 48.5 Å². The maximum atomic E-state index is 12.6. The van der Waals surface area contributed by atoms with Crippen molar-refractivity contribution in [1.82, 2.24) is 9.78 Å². The molecule has 1 aromatic heterocycles. The second-order valence-electron chi connectivity index (χ2n) is 6.24. The quantitative estimate of drug-likeness (QED) is 0.721. The summed E-state index contributed by atoms with van der Waals surface area (Å²) in [5, 5.41) is 7.55. The number of benzene rings is 2. The monoisotopic (exact) mass is 365 g/mol. The number of hydrogen-bond donors (Lipinski definition) is 1. The third-order valence-electron chi connectivity index (χ3n) is 4.44. The molecule has 0 atom stereocenters. The summed E-state index contributed by atoms with van der Waals surface area (Å²) in [7, 11) is 3.24. The molecule has 6 nitrogen and oxygen atoms in total. The number of methoxy groups -OCH3 is 2. The first-order chi connectivity index (χ1) is 13.0. The van der Waals surface area contributed by atoms with Gasteiger partial charge in [0.25, 0.3) is 5.91 Å². The van der Waals surface area contributed by atoms with E-state index in [0.717, 1.165) is 28.4 Å². The molecule has 27 heavy (non-hydrogen) atoms. The van der Waals surface area contributed by atoms with Gasteiger partial charge in [-0.05, 0) is 55.8 Å². The Bertz CT molecular complexity index is 946. The summed E-state index contributed by atoms with van der Waals surface area (Å²) >= 11 is 0. The second-order valence-corrected chi connectivity index (χ2v) is 6.24. The van der Waals surface area contributed by atoms with Gasteiger partial charge in [0.2, 0.25) is 0 Å². The van der Waals surface area contributed by atoms with Crippen LogP contribution in [-0.4, -0.2) is 29.9 Å². The lowest BCUT2D eigenvalue weighted by Crippen LogP contribution is -2.13. The maximum absolute atomic E-state index is 12.6. The minimum Gasteiger partial charge on any atom is -0.497 e. The molecular weight excluding hydrogens is 342 g/mol. The van der Waals surface area contributed by atoms with Crippen LogP contribution in [0.5, 0.6) is 11.5 Å². The van der Waals surface area contributed by atoms with Gasteiger partial charge in [-0.3, -0.25) is 9.48 Å². The van der Waals surface area contributed by atoms with Crippen molar-refractivity contribution in [3.63, 3.8) is 0 Å². The number of nitrogens with one attached hydrogen (secondary N) is 1. The maximum Gasteiger partial charge on any atom is 0.255 e. The molecule has 0 saturated heterocycles. The first-order valence-corrected chi connectivity index (χ1v) is 8.64. The van der Waals surface area contributed by atoms with Gasteiger partial charge < -0.3 is 14.8 Å². The number of amides is 1. The van der Waals surface area contributed by atoms with E-state index in [2.05, 4.69) is 10.4 Å². The minimum atomic E-state index is -0.176. The molecule has 0 fully saturated rings. The van der Waals surface area contributed by atoms with Crippen LogP contribution in [0.2, 0.25) is 0 Å². The van der Waals surface area contributed by atoms with Crippen LogP contribution in [0.3, 0.4) is 0 Å². The van der Waals surface area contributed by atoms with E-state index in [0.29, 0.717) is 17.9 Å². The number of aromatic nitrogens is 2. The number of carbonyl (C=O) groups excluding carboxylic acids is 1.